The van der Waals surface area contributed by atoms with Crippen molar-refractivity contribution in [2.45, 2.75) is 37.0 Å². The maximum absolute atomic E-state index is 12.1. The Bertz CT molecular complexity index is 946. The van der Waals surface area contributed by atoms with Crippen LogP contribution in [0.4, 0.5) is 5.69 Å². The summed E-state index contributed by atoms with van der Waals surface area (Å²) in [5.41, 5.74) is 1.78. The zero-order valence-electron chi connectivity index (χ0n) is 16.7. The Hall–Kier alpha value is -2.07. The molecule has 0 aromatic heterocycles. The third-order valence-corrected chi connectivity index (χ3v) is 8.63. The van der Waals surface area contributed by atoms with Crippen LogP contribution in [0.25, 0.3) is 0 Å². The SMILES string of the molecule is O=C(Cc1ccc(NC2=NC3CS(=O)(=O)CC3S2)cc1)NCCCN1CCCC1=O. The van der Waals surface area contributed by atoms with Crippen LogP contribution < -0.4 is 10.6 Å². The van der Waals surface area contributed by atoms with E-state index in [0.29, 0.717) is 25.9 Å². The summed E-state index contributed by atoms with van der Waals surface area (Å²) in [6, 6.07) is 7.45. The van der Waals surface area contributed by atoms with E-state index >= 15 is 0 Å². The fourth-order valence-electron chi connectivity index (χ4n) is 3.93. The predicted molar refractivity (Wildman–Crippen MR) is 118 cm³/mol. The van der Waals surface area contributed by atoms with Gasteiger partial charge in [-0.15, -0.1) is 0 Å². The van der Waals surface area contributed by atoms with Gasteiger partial charge in [0.25, 0.3) is 0 Å². The topological polar surface area (TPSA) is 108 Å². The number of hydrogen-bond donors (Lipinski definition) is 2. The number of rotatable bonds is 7. The smallest absolute Gasteiger partial charge is 0.224 e. The molecule has 2 N–H and O–H groups in total. The molecule has 3 aliphatic heterocycles. The summed E-state index contributed by atoms with van der Waals surface area (Å²) in [6.07, 6.45) is 2.65. The Kier molecular flexibility index (Phi) is 6.33. The van der Waals surface area contributed by atoms with Gasteiger partial charge in [0.2, 0.25) is 11.8 Å². The van der Waals surface area contributed by atoms with Crippen LogP contribution in [-0.2, 0) is 25.8 Å². The van der Waals surface area contributed by atoms with Crippen LogP contribution in [-0.4, -0.2) is 72.7 Å². The number of sulfone groups is 1. The Morgan fingerprint density at radius 1 is 1.23 bits per heavy atom. The van der Waals surface area contributed by atoms with Gasteiger partial charge < -0.3 is 15.5 Å². The fourth-order valence-corrected chi connectivity index (χ4v) is 7.61. The van der Waals surface area contributed by atoms with Crippen molar-refractivity contribution in [2.75, 3.05) is 36.5 Å². The number of aliphatic imine (C=N–C) groups is 1. The lowest BCUT2D eigenvalue weighted by atomic mass is 10.1. The molecule has 2 saturated heterocycles. The molecule has 162 valence electrons. The maximum Gasteiger partial charge on any atom is 0.224 e. The van der Waals surface area contributed by atoms with Crippen molar-refractivity contribution >= 4 is 44.3 Å². The van der Waals surface area contributed by atoms with Gasteiger partial charge in [0.1, 0.15) is 0 Å². The first-order valence-electron chi connectivity index (χ1n) is 10.2. The zero-order valence-corrected chi connectivity index (χ0v) is 18.3. The number of amides is 2. The van der Waals surface area contributed by atoms with Crippen LogP contribution in [0.15, 0.2) is 29.3 Å². The van der Waals surface area contributed by atoms with Crippen molar-refractivity contribution in [3.63, 3.8) is 0 Å². The highest BCUT2D eigenvalue weighted by Crippen LogP contribution is 2.34. The van der Waals surface area contributed by atoms with E-state index in [9.17, 15) is 18.0 Å². The molecule has 1 aromatic carbocycles. The van der Waals surface area contributed by atoms with Crippen LogP contribution in [0.1, 0.15) is 24.8 Å². The number of benzene rings is 1. The second kappa shape index (κ2) is 8.97. The highest BCUT2D eigenvalue weighted by atomic mass is 32.2. The van der Waals surface area contributed by atoms with Gasteiger partial charge in [-0.2, -0.15) is 0 Å². The number of hydrogen-bond acceptors (Lipinski definition) is 7. The van der Waals surface area contributed by atoms with Gasteiger partial charge in [-0.1, -0.05) is 23.9 Å². The van der Waals surface area contributed by atoms with Gasteiger partial charge in [-0.05, 0) is 30.5 Å². The number of thioether (sulfide) groups is 1. The molecule has 4 rings (SSSR count). The minimum atomic E-state index is -2.95. The second-order valence-electron chi connectivity index (χ2n) is 7.92. The first-order valence-corrected chi connectivity index (χ1v) is 12.9. The van der Waals surface area contributed by atoms with Gasteiger partial charge >= 0.3 is 0 Å². The largest absolute Gasteiger partial charge is 0.356 e. The molecule has 2 fully saturated rings. The predicted octanol–water partition coefficient (Wildman–Crippen LogP) is 1.04. The molecule has 2 unspecified atom stereocenters. The lowest BCUT2D eigenvalue weighted by Gasteiger charge is -2.15. The van der Waals surface area contributed by atoms with Gasteiger partial charge in [-0.3, -0.25) is 14.6 Å². The third-order valence-electron chi connectivity index (χ3n) is 5.49. The number of carbonyl (C=O) groups excluding carboxylic acids is 2. The molecule has 30 heavy (non-hydrogen) atoms. The minimum Gasteiger partial charge on any atom is -0.356 e. The van der Waals surface area contributed by atoms with Crippen LogP contribution >= 0.6 is 11.8 Å². The van der Waals surface area contributed by atoms with E-state index < -0.39 is 9.84 Å². The minimum absolute atomic E-state index is 0.0176. The van der Waals surface area contributed by atoms with Crippen molar-refractivity contribution in [1.82, 2.24) is 10.2 Å². The first-order chi connectivity index (χ1) is 14.4. The standard InChI is InChI=1S/C20H26N4O4S2/c25-18(21-8-2-10-24-9-1-3-19(24)26)11-14-4-6-15(7-5-14)22-20-23-16-12-30(27,28)13-17(16)29-20/h4-7,16-17H,1-3,8-13H2,(H,21,25)(H,22,23). The summed E-state index contributed by atoms with van der Waals surface area (Å²) in [5, 5.41) is 6.91. The van der Waals surface area contributed by atoms with Crippen LogP contribution in [0.2, 0.25) is 0 Å². The Labute approximate surface area is 180 Å². The van der Waals surface area contributed by atoms with Crippen molar-refractivity contribution in [1.29, 1.82) is 0 Å². The Balaban J connectivity index is 1.18. The zero-order chi connectivity index (χ0) is 21.1. The maximum atomic E-state index is 12.1. The summed E-state index contributed by atoms with van der Waals surface area (Å²) in [5.74, 6) is 0.510. The van der Waals surface area contributed by atoms with E-state index in [1.165, 1.54) is 11.8 Å². The summed E-state index contributed by atoms with van der Waals surface area (Å²) >= 11 is 1.48. The molecule has 2 amide bonds. The summed E-state index contributed by atoms with van der Waals surface area (Å²) in [6.45, 7) is 2.10. The number of nitrogens with one attached hydrogen (secondary N) is 2. The summed E-state index contributed by atoms with van der Waals surface area (Å²) in [7, 11) is -2.95. The molecule has 8 nitrogen and oxygen atoms in total. The molecule has 2 atom stereocenters. The van der Waals surface area contributed by atoms with Crippen LogP contribution in [0.5, 0.6) is 0 Å². The molecular weight excluding hydrogens is 424 g/mol. The average molecular weight is 451 g/mol. The highest BCUT2D eigenvalue weighted by molar-refractivity contribution is 8.15. The number of nitrogens with zero attached hydrogens (tertiary/aromatic N) is 2. The molecule has 0 saturated carbocycles. The van der Waals surface area contributed by atoms with Crippen molar-refractivity contribution < 1.29 is 18.0 Å². The molecule has 1 aromatic rings. The van der Waals surface area contributed by atoms with Crippen LogP contribution in [0, 0.1) is 0 Å². The second-order valence-corrected chi connectivity index (χ2v) is 11.3. The molecule has 3 heterocycles. The normalized spacial score (nSPS) is 24.6. The molecule has 0 radical (unpaired) electrons. The number of likely N-dealkylation sites (tertiary alicyclic amines) is 1. The van der Waals surface area contributed by atoms with Gasteiger partial charge in [0.05, 0.1) is 24.0 Å². The van der Waals surface area contributed by atoms with Crippen molar-refractivity contribution in [2.24, 2.45) is 4.99 Å². The quantitative estimate of drug-likeness (QED) is 0.601. The molecular formula is C20H26N4O4S2. The monoisotopic (exact) mass is 450 g/mol. The summed E-state index contributed by atoms with van der Waals surface area (Å²) < 4.78 is 23.3. The number of fused-ring (bicyclic) bond motifs is 1. The van der Waals surface area contributed by atoms with Crippen molar-refractivity contribution in [3.05, 3.63) is 29.8 Å². The van der Waals surface area contributed by atoms with E-state index in [1.807, 2.05) is 29.2 Å². The Morgan fingerprint density at radius 2 is 2.03 bits per heavy atom. The van der Waals surface area contributed by atoms with E-state index in [4.69, 9.17) is 0 Å². The molecule has 3 aliphatic rings. The van der Waals surface area contributed by atoms with E-state index in [0.717, 1.165) is 35.8 Å². The highest BCUT2D eigenvalue weighted by Gasteiger charge is 2.42. The molecule has 0 spiro atoms. The molecule has 10 heteroatoms. The number of amidine groups is 1. The van der Waals surface area contributed by atoms with E-state index in [2.05, 4.69) is 15.6 Å². The Morgan fingerprint density at radius 3 is 2.73 bits per heavy atom. The number of carbonyl (C=O) groups is 2. The van der Waals surface area contributed by atoms with Gasteiger partial charge in [0.15, 0.2) is 15.0 Å². The number of anilines is 1. The first kappa shape index (κ1) is 21.2. The molecule has 0 aliphatic carbocycles. The van der Waals surface area contributed by atoms with Gasteiger partial charge in [-0.25, -0.2) is 8.42 Å². The lowest BCUT2D eigenvalue weighted by molar-refractivity contribution is -0.127. The van der Waals surface area contributed by atoms with Crippen LogP contribution in [0.3, 0.4) is 0 Å². The average Bonchev–Trinajstić information content (AvgIpc) is 3.33. The van der Waals surface area contributed by atoms with E-state index in [-0.39, 0.29) is 34.6 Å². The summed E-state index contributed by atoms with van der Waals surface area (Å²) in [4.78, 5) is 30.0. The third kappa shape index (κ3) is 5.34. The molecule has 0 bridgehead atoms. The van der Waals surface area contributed by atoms with E-state index in [1.54, 1.807) is 0 Å². The lowest BCUT2D eigenvalue weighted by Crippen LogP contribution is -2.31. The van der Waals surface area contributed by atoms with Gasteiger partial charge in [0, 0.05) is 37.0 Å². The van der Waals surface area contributed by atoms with Crippen molar-refractivity contribution in [3.8, 4) is 0 Å². The fraction of sp³-hybridized carbons (Fsp3) is 0.550.